The maximum absolute atomic E-state index is 11.5. The molecule has 0 atom stereocenters. The largest absolute Gasteiger partial charge is 0.321 e. The van der Waals surface area contributed by atoms with E-state index in [-0.39, 0.29) is 11.3 Å². The SMILES string of the molecule is CC(C)(C)C(=O)Nc1ccc[nH+]c1. The van der Waals surface area contributed by atoms with E-state index in [1.54, 1.807) is 12.4 Å². The first-order chi connectivity index (χ1) is 6.00. The highest BCUT2D eigenvalue weighted by molar-refractivity contribution is 5.94. The number of anilines is 1. The summed E-state index contributed by atoms with van der Waals surface area (Å²) in [7, 11) is 0. The second kappa shape index (κ2) is 3.56. The number of rotatable bonds is 1. The van der Waals surface area contributed by atoms with Crippen molar-refractivity contribution in [2.24, 2.45) is 5.41 Å². The minimum atomic E-state index is -0.351. The van der Waals surface area contributed by atoms with Gasteiger partial charge in [-0.15, -0.1) is 0 Å². The molecule has 0 saturated heterocycles. The van der Waals surface area contributed by atoms with E-state index in [0.29, 0.717) is 0 Å². The van der Waals surface area contributed by atoms with E-state index in [4.69, 9.17) is 0 Å². The van der Waals surface area contributed by atoms with E-state index in [0.717, 1.165) is 5.69 Å². The predicted octanol–water partition coefficient (Wildman–Crippen LogP) is 1.49. The first-order valence-electron chi connectivity index (χ1n) is 4.28. The molecule has 70 valence electrons. The summed E-state index contributed by atoms with van der Waals surface area (Å²) in [6.45, 7) is 5.65. The van der Waals surface area contributed by atoms with Gasteiger partial charge in [0.05, 0.1) is 0 Å². The molecule has 1 amide bonds. The molecule has 1 aromatic rings. The zero-order valence-corrected chi connectivity index (χ0v) is 8.22. The minimum Gasteiger partial charge on any atom is -0.321 e. The van der Waals surface area contributed by atoms with Crippen molar-refractivity contribution in [3.8, 4) is 0 Å². The van der Waals surface area contributed by atoms with Crippen LogP contribution in [0.15, 0.2) is 24.5 Å². The van der Waals surface area contributed by atoms with Crippen LogP contribution in [-0.2, 0) is 4.79 Å². The third-order valence-corrected chi connectivity index (χ3v) is 1.65. The molecule has 0 aliphatic heterocycles. The minimum absolute atomic E-state index is 0.0205. The van der Waals surface area contributed by atoms with Crippen LogP contribution in [0.4, 0.5) is 5.69 Å². The Balaban J connectivity index is 2.66. The van der Waals surface area contributed by atoms with Crippen LogP contribution in [0.5, 0.6) is 0 Å². The molecule has 1 heterocycles. The maximum atomic E-state index is 11.5. The molecular formula is C10H15N2O+. The van der Waals surface area contributed by atoms with Crippen molar-refractivity contribution in [3.05, 3.63) is 24.5 Å². The summed E-state index contributed by atoms with van der Waals surface area (Å²) in [6.07, 6.45) is 3.55. The normalized spacial score (nSPS) is 11.0. The number of carbonyl (C=O) groups is 1. The Morgan fingerprint density at radius 1 is 1.46 bits per heavy atom. The van der Waals surface area contributed by atoms with Crippen LogP contribution in [0.25, 0.3) is 0 Å². The third-order valence-electron chi connectivity index (χ3n) is 1.65. The van der Waals surface area contributed by atoms with Gasteiger partial charge in [-0.3, -0.25) is 4.79 Å². The Bertz CT molecular complexity index is 288. The number of aromatic nitrogens is 1. The van der Waals surface area contributed by atoms with E-state index in [9.17, 15) is 4.79 Å². The first kappa shape index (κ1) is 9.71. The zero-order chi connectivity index (χ0) is 9.90. The number of pyridine rings is 1. The Morgan fingerprint density at radius 3 is 2.62 bits per heavy atom. The quantitative estimate of drug-likeness (QED) is 0.697. The fraction of sp³-hybridized carbons (Fsp3) is 0.400. The van der Waals surface area contributed by atoms with Gasteiger partial charge in [0.1, 0.15) is 5.69 Å². The molecule has 3 heteroatoms. The number of hydrogen-bond donors (Lipinski definition) is 1. The lowest BCUT2D eigenvalue weighted by atomic mass is 9.96. The Labute approximate surface area is 78.2 Å². The lowest BCUT2D eigenvalue weighted by Crippen LogP contribution is -2.28. The summed E-state index contributed by atoms with van der Waals surface area (Å²) in [5.41, 5.74) is 0.443. The molecule has 0 aliphatic carbocycles. The Morgan fingerprint density at radius 2 is 2.15 bits per heavy atom. The summed E-state index contributed by atoms with van der Waals surface area (Å²) in [6, 6.07) is 3.69. The lowest BCUT2D eigenvalue weighted by Gasteiger charge is -2.16. The molecule has 0 bridgehead atoms. The number of nitrogens with one attached hydrogen (secondary N) is 2. The number of amides is 1. The van der Waals surface area contributed by atoms with Crippen molar-refractivity contribution in [2.45, 2.75) is 20.8 Å². The van der Waals surface area contributed by atoms with Crippen molar-refractivity contribution < 1.29 is 9.78 Å². The molecule has 0 spiro atoms. The van der Waals surface area contributed by atoms with Crippen LogP contribution < -0.4 is 10.3 Å². The highest BCUT2D eigenvalue weighted by atomic mass is 16.2. The average Bonchev–Trinajstić information content (AvgIpc) is 2.04. The molecule has 0 aromatic carbocycles. The van der Waals surface area contributed by atoms with Gasteiger partial charge < -0.3 is 5.32 Å². The van der Waals surface area contributed by atoms with Crippen molar-refractivity contribution in [1.82, 2.24) is 0 Å². The highest BCUT2D eigenvalue weighted by Gasteiger charge is 2.21. The van der Waals surface area contributed by atoms with E-state index >= 15 is 0 Å². The Kier molecular flexibility index (Phi) is 2.66. The van der Waals surface area contributed by atoms with E-state index < -0.39 is 0 Å². The van der Waals surface area contributed by atoms with Gasteiger partial charge in [0.15, 0.2) is 12.4 Å². The van der Waals surface area contributed by atoms with Crippen molar-refractivity contribution >= 4 is 11.6 Å². The number of hydrogen-bond acceptors (Lipinski definition) is 1. The van der Waals surface area contributed by atoms with Crippen LogP contribution in [0, 0.1) is 5.41 Å². The van der Waals surface area contributed by atoms with Gasteiger partial charge in [0.25, 0.3) is 0 Å². The van der Waals surface area contributed by atoms with Gasteiger partial charge in [-0.1, -0.05) is 20.8 Å². The molecule has 0 saturated carbocycles. The van der Waals surface area contributed by atoms with Crippen LogP contribution in [0.1, 0.15) is 20.8 Å². The summed E-state index contributed by atoms with van der Waals surface area (Å²) in [5, 5.41) is 2.81. The lowest BCUT2D eigenvalue weighted by molar-refractivity contribution is -0.377. The number of carbonyl (C=O) groups excluding carboxylic acids is 1. The fourth-order valence-corrected chi connectivity index (χ4v) is 0.790. The fourth-order valence-electron chi connectivity index (χ4n) is 0.790. The van der Waals surface area contributed by atoms with Gasteiger partial charge >= 0.3 is 0 Å². The summed E-state index contributed by atoms with van der Waals surface area (Å²) < 4.78 is 0. The Hall–Kier alpha value is -1.38. The first-order valence-corrected chi connectivity index (χ1v) is 4.28. The molecule has 0 aliphatic rings. The molecular weight excluding hydrogens is 164 g/mol. The van der Waals surface area contributed by atoms with Gasteiger partial charge in [-0.2, -0.15) is 0 Å². The molecule has 13 heavy (non-hydrogen) atoms. The van der Waals surface area contributed by atoms with Gasteiger partial charge in [-0.25, -0.2) is 4.98 Å². The highest BCUT2D eigenvalue weighted by Crippen LogP contribution is 2.15. The molecule has 0 radical (unpaired) electrons. The second-order valence-corrected chi connectivity index (χ2v) is 4.00. The van der Waals surface area contributed by atoms with Crippen LogP contribution in [-0.4, -0.2) is 5.91 Å². The molecule has 1 rings (SSSR count). The van der Waals surface area contributed by atoms with Crippen molar-refractivity contribution in [1.29, 1.82) is 0 Å². The summed E-state index contributed by atoms with van der Waals surface area (Å²) in [5.74, 6) is 0.0205. The van der Waals surface area contributed by atoms with Crippen LogP contribution >= 0.6 is 0 Å². The average molecular weight is 179 g/mol. The van der Waals surface area contributed by atoms with Crippen molar-refractivity contribution in [3.63, 3.8) is 0 Å². The summed E-state index contributed by atoms with van der Waals surface area (Å²) in [4.78, 5) is 14.4. The van der Waals surface area contributed by atoms with Crippen LogP contribution in [0.2, 0.25) is 0 Å². The van der Waals surface area contributed by atoms with E-state index in [1.807, 2.05) is 32.9 Å². The zero-order valence-electron chi connectivity index (χ0n) is 8.22. The molecule has 0 fully saturated rings. The van der Waals surface area contributed by atoms with E-state index in [1.165, 1.54) is 0 Å². The standard InChI is InChI=1S/C10H14N2O/c1-10(2,3)9(13)12-8-5-4-6-11-7-8/h4-7H,1-3H3,(H,12,13)/p+1. The van der Waals surface area contributed by atoms with Crippen molar-refractivity contribution in [2.75, 3.05) is 5.32 Å². The van der Waals surface area contributed by atoms with Gasteiger partial charge in [-0.05, 0) is 6.07 Å². The number of aromatic amines is 1. The summed E-state index contributed by atoms with van der Waals surface area (Å²) >= 11 is 0. The molecule has 1 aromatic heterocycles. The smallest absolute Gasteiger partial charge is 0.229 e. The molecule has 3 nitrogen and oxygen atoms in total. The molecule has 2 N–H and O–H groups in total. The van der Waals surface area contributed by atoms with Crippen LogP contribution in [0.3, 0.4) is 0 Å². The van der Waals surface area contributed by atoms with Gasteiger partial charge in [0.2, 0.25) is 5.91 Å². The van der Waals surface area contributed by atoms with E-state index in [2.05, 4.69) is 10.3 Å². The van der Waals surface area contributed by atoms with Gasteiger partial charge in [0, 0.05) is 11.5 Å². The third kappa shape index (κ3) is 2.86. The number of H-pyrrole nitrogens is 1. The monoisotopic (exact) mass is 179 g/mol. The predicted molar refractivity (Wildman–Crippen MR) is 51.1 cm³/mol. The molecule has 0 unspecified atom stereocenters. The second-order valence-electron chi connectivity index (χ2n) is 4.00. The topological polar surface area (TPSA) is 43.2 Å². The maximum Gasteiger partial charge on any atom is 0.229 e.